The van der Waals surface area contributed by atoms with Crippen molar-refractivity contribution in [1.82, 2.24) is 4.98 Å². The lowest BCUT2D eigenvalue weighted by Gasteiger charge is -2.32. The summed E-state index contributed by atoms with van der Waals surface area (Å²) in [6.45, 7) is 1.62. The van der Waals surface area contributed by atoms with E-state index in [0.29, 0.717) is 0 Å². The van der Waals surface area contributed by atoms with Crippen LogP contribution in [-0.4, -0.2) is 49.7 Å². The third kappa shape index (κ3) is 5.28. The highest BCUT2D eigenvalue weighted by Gasteiger charge is 2.47. The van der Waals surface area contributed by atoms with Crippen LogP contribution >= 0.6 is 0 Å². The molecule has 1 aromatic rings. The first-order chi connectivity index (χ1) is 13.2. The van der Waals surface area contributed by atoms with Gasteiger partial charge in [-0.15, -0.1) is 0 Å². The molecular weight excluding hydrogens is 393 g/mol. The van der Waals surface area contributed by atoms with E-state index in [-0.39, 0.29) is 38.6 Å². The normalized spacial score (nSPS) is 29.5. The summed E-state index contributed by atoms with van der Waals surface area (Å²) in [7, 11) is 0. The van der Waals surface area contributed by atoms with Gasteiger partial charge in [0.1, 0.15) is 11.4 Å². The summed E-state index contributed by atoms with van der Waals surface area (Å²) in [5.41, 5.74) is -0.801. The Morgan fingerprint density at radius 2 is 1.75 bits per heavy atom. The Hall–Kier alpha value is -1.56. The second kappa shape index (κ2) is 8.44. The van der Waals surface area contributed by atoms with Gasteiger partial charge >= 0.3 is 12.2 Å². The van der Waals surface area contributed by atoms with Gasteiger partial charge < -0.3 is 23.7 Å². The van der Waals surface area contributed by atoms with Gasteiger partial charge in [0.05, 0.1) is 32.1 Å². The van der Waals surface area contributed by atoms with E-state index in [1.54, 1.807) is 6.92 Å². The van der Waals surface area contributed by atoms with E-state index in [1.807, 2.05) is 0 Å². The first kappa shape index (κ1) is 21.2. The monoisotopic (exact) mass is 413 g/mol. The lowest BCUT2D eigenvalue weighted by atomic mass is 10.1. The maximum atomic E-state index is 14.2. The summed E-state index contributed by atoms with van der Waals surface area (Å²) in [5.74, 6) is -0.475. The first-order valence-corrected chi connectivity index (χ1v) is 8.73. The lowest BCUT2D eigenvalue weighted by Crippen LogP contribution is -2.47. The van der Waals surface area contributed by atoms with Crippen LogP contribution in [0.25, 0.3) is 0 Å². The molecule has 0 spiro atoms. The Kier molecular flexibility index (Phi) is 6.37. The van der Waals surface area contributed by atoms with Crippen LogP contribution in [-0.2, 0) is 25.1 Å². The molecule has 2 fully saturated rings. The molecule has 0 bridgehead atoms. The second-order valence-electron chi connectivity index (χ2n) is 6.72. The predicted molar refractivity (Wildman–Crippen MR) is 83.5 cm³/mol. The van der Waals surface area contributed by atoms with Crippen LogP contribution in [0.3, 0.4) is 0 Å². The summed E-state index contributed by atoms with van der Waals surface area (Å²) in [6.07, 6.45) is -11.3. The van der Waals surface area contributed by atoms with Crippen LogP contribution in [0.1, 0.15) is 25.5 Å². The molecule has 3 heterocycles. The molecule has 1 aromatic heterocycles. The molecule has 2 atom stereocenters. The second-order valence-corrected chi connectivity index (χ2v) is 6.72. The maximum absolute atomic E-state index is 14.2. The highest BCUT2D eigenvalue weighted by atomic mass is 19.3. The molecule has 0 aromatic carbocycles. The number of nitrogens with zero attached hydrogens (tertiary/aromatic N) is 1. The van der Waals surface area contributed by atoms with Gasteiger partial charge in [-0.1, -0.05) is 6.92 Å². The minimum Gasteiger partial charge on any atom is -0.427 e. The smallest absolute Gasteiger partial charge is 0.427 e. The van der Waals surface area contributed by atoms with Crippen molar-refractivity contribution in [2.24, 2.45) is 5.92 Å². The Bertz CT molecular complexity index is 631. The third-order valence-corrected chi connectivity index (χ3v) is 4.12. The van der Waals surface area contributed by atoms with Crippen molar-refractivity contribution in [2.45, 2.75) is 50.7 Å². The Morgan fingerprint density at radius 1 is 1.04 bits per heavy atom. The van der Waals surface area contributed by atoms with E-state index in [0.717, 1.165) is 18.3 Å². The first-order valence-electron chi connectivity index (χ1n) is 8.73. The summed E-state index contributed by atoms with van der Waals surface area (Å²) in [6, 6.07) is 1.71. The topological polar surface area (TPSA) is 59.0 Å². The number of aromatic nitrogens is 1. The number of hydrogen-bond acceptors (Lipinski definition) is 6. The van der Waals surface area contributed by atoms with Gasteiger partial charge in [0.2, 0.25) is 0 Å². The summed E-state index contributed by atoms with van der Waals surface area (Å²) < 4.78 is 93.0. The molecule has 6 nitrogen and oxygen atoms in total. The molecule has 2 aliphatic heterocycles. The third-order valence-electron chi connectivity index (χ3n) is 4.12. The van der Waals surface area contributed by atoms with Crippen molar-refractivity contribution >= 4 is 0 Å². The average molecular weight is 413 g/mol. The number of alkyl halides is 5. The molecule has 11 heteroatoms. The summed E-state index contributed by atoms with van der Waals surface area (Å²) >= 11 is 0. The van der Waals surface area contributed by atoms with Crippen molar-refractivity contribution in [3.8, 4) is 5.75 Å². The minimum atomic E-state index is -3.83. The standard InChI is InChI=1S/C17H20F5NO5/c1-10-7-25-15(26-8-10)17(21,22)27-11-2-4-13(23-6-11)16(19,20)28-12-3-5-14(18)24-9-12/h2,4,6,10,12,14-15H,3,5,7-9H2,1H3. The Balaban J connectivity index is 1.59. The van der Waals surface area contributed by atoms with Crippen molar-refractivity contribution in [3.05, 3.63) is 24.0 Å². The van der Waals surface area contributed by atoms with Crippen molar-refractivity contribution in [3.63, 3.8) is 0 Å². The number of rotatable bonds is 6. The zero-order valence-electron chi connectivity index (χ0n) is 15.0. The van der Waals surface area contributed by atoms with E-state index < -0.39 is 42.4 Å². The van der Waals surface area contributed by atoms with E-state index in [9.17, 15) is 22.0 Å². The molecule has 0 saturated carbocycles. The zero-order chi connectivity index (χ0) is 20.4. The zero-order valence-corrected chi connectivity index (χ0v) is 15.0. The summed E-state index contributed by atoms with van der Waals surface area (Å²) in [5, 5.41) is 0. The molecule has 2 saturated heterocycles. The Labute approximate surface area is 157 Å². The van der Waals surface area contributed by atoms with E-state index >= 15 is 0 Å². The number of halogens is 5. The van der Waals surface area contributed by atoms with Crippen LogP contribution in [0.2, 0.25) is 0 Å². The highest BCUT2D eigenvalue weighted by molar-refractivity contribution is 5.21. The fourth-order valence-corrected chi connectivity index (χ4v) is 2.67. The molecule has 0 aliphatic carbocycles. The van der Waals surface area contributed by atoms with Gasteiger partial charge in [-0.05, 0) is 18.6 Å². The summed E-state index contributed by atoms with van der Waals surface area (Å²) in [4.78, 5) is 3.44. The number of ether oxygens (including phenoxy) is 5. The van der Waals surface area contributed by atoms with E-state index in [2.05, 4.69) is 19.2 Å². The molecule has 0 N–H and O–H groups in total. The molecular formula is C17H20F5NO5. The van der Waals surface area contributed by atoms with E-state index in [4.69, 9.17) is 9.47 Å². The number of pyridine rings is 1. The van der Waals surface area contributed by atoms with Crippen LogP contribution in [0.15, 0.2) is 18.3 Å². The van der Waals surface area contributed by atoms with Crippen molar-refractivity contribution in [2.75, 3.05) is 19.8 Å². The van der Waals surface area contributed by atoms with Crippen LogP contribution in [0, 0.1) is 5.92 Å². The molecule has 28 heavy (non-hydrogen) atoms. The van der Waals surface area contributed by atoms with Gasteiger partial charge in [0.25, 0.3) is 6.29 Å². The minimum absolute atomic E-state index is 0.0272. The van der Waals surface area contributed by atoms with Crippen LogP contribution < -0.4 is 4.74 Å². The van der Waals surface area contributed by atoms with Gasteiger partial charge in [0, 0.05) is 12.3 Å². The van der Waals surface area contributed by atoms with Crippen LogP contribution in [0.5, 0.6) is 5.75 Å². The molecule has 0 amide bonds. The van der Waals surface area contributed by atoms with Crippen molar-refractivity contribution < 1.29 is 45.6 Å². The van der Waals surface area contributed by atoms with E-state index in [1.165, 1.54) is 0 Å². The molecule has 158 valence electrons. The number of hydrogen-bond donors (Lipinski definition) is 0. The molecule has 2 unspecified atom stereocenters. The fraction of sp³-hybridized carbons (Fsp3) is 0.706. The largest absolute Gasteiger partial charge is 0.451 e. The van der Waals surface area contributed by atoms with Gasteiger partial charge in [-0.2, -0.15) is 17.6 Å². The van der Waals surface area contributed by atoms with Crippen LogP contribution in [0.4, 0.5) is 22.0 Å². The molecule has 3 rings (SSSR count). The van der Waals surface area contributed by atoms with Gasteiger partial charge in [-0.3, -0.25) is 0 Å². The fourth-order valence-electron chi connectivity index (χ4n) is 2.67. The average Bonchev–Trinajstić information content (AvgIpc) is 2.64. The van der Waals surface area contributed by atoms with Crippen molar-refractivity contribution in [1.29, 1.82) is 0 Å². The van der Waals surface area contributed by atoms with Gasteiger partial charge in [-0.25, -0.2) is 9.37 Å². The quantitative estimate of drug-likeness (QED) is 0.665. The lowest BCUT2D eigenvalue weighted by molar-refractivity contribution is -0.350. The maximum Gasteiger partial charge on any atom is 0.451 e. The highest BCUT2D eigenvalue weighted by Crippen LogP contribution is 2.34. The molecule has 2 aliphatic rings. The molecule has 0 radical (unpaired) electrons. The predicted octanol–water partition coefficient (Wildman–Crippen LogP) is 3.60. The SMILES string of the molecule is CC1COC(C(F)(F)Oc2ccc(C(F)(F)OC3CCC(F)OC3)nc2)OC1. The van der Waals surface area contributed by atoms with Gasteiger partial charge in [0.15, 0.2) is 6.36 Å². The Morgan fingerprint density at radius 3 is 2.32 bits per heavy atom.